The number of rotatable bonds is 5. The quantitative estimate of drug-likeness (QED) is 0.625. The lowest BCUT2D eigenvalue weighted by atomic mass is 9.92. The van der Waals surface area contributed by atoms with Crippen LogP contribution in [0.15, 0.2) is 41.3 Å². The number of hydrogen-bond acceptors (Lipinski definition) is 5. The first kappa shape index (κ1) is 21.1. The van der Waals surface area contributed by atoms with Gasteiger partial charge in [0.1, 0.15) is 11.6 Å². The number of ketones is 1. The molecule has 30 heavy (non-hydrogen) atoms. The molecule has 2 atom stereocenters. The smallest absolute Gasteiger partial charge is 0.228 e. The minimum Gasteiger partial charge on any atom is -0.496 e. The highest BCUT2D eigenvalue weighted by Gasteiger charge is 2.70. The third-order valence-corrected chi connectivity index (χ3v) is 8.53. The Kier molecular flexibility index (Phi) is 5.07. The first-order chi connectivity index (χ1) is 14.1. The average molecular weight is 472 g/mol. The second-order valence-electron chi connectivity index (χ2n) is 7.27. The maximum Gasteiger partial charge on any atom is 0.228 e. The van der Waals surface area contributed by atoms with Gasteiger partial charge in [0.15, 0.2) is 5.78 Å². The summed E-state index contributed by atoms with van der Waals surface area (Å²) in [5.74, 6) is -2.25. The number of amides is 1. The minimum absolute atomic E-state index is 0.0529. The highest BCUT2D eigenvalue weighted by Crippen LogP contribution is 2.49. The van der Waals surface area contributed by atoms with Crippen LogP contribution in [0.1, 0.15) is 12.0 Å². The lowest BCUT2D eigenvalue weighted by Gasteiger charge is -2.44. The maximum absolute atomic E-state index is 13.7. The van der Waals surface area contributed by atoms with Gasteiger partial charge in [0.05, 0.1) is 23.4 Å². The van der Waals surface area contributed by atoms with E-state index in [1.54, 1.807) is 0 Å². The largest absolute Gasteiger partial charge is 0.496 e. The molecular weight excluding hydrogens is 456 g/mol. The molecule has 0 aromatic heterocycles. The molecule has 1 amide bonds. The van der Waals surface area contributed by atoms with Gasteiger partial charge in [-0.25, -0.2) is 12.8 Å². The van der Waals surface area contributed by atoms with E-state index in [0.717, 1.165) is 11.0 Å². The number of hydrogen-bond donors (Lipinski definition) is 0. The topological polar surface area (TPSA) is 80.8 Å². The van der Waals surface area contributed by atoms with Gasteiger partial charge in [0.2, 0.25) is 20.6 Å². The fraction of sp³-hybridized carbons (Fsp3) is 0.300. The van der Waals surface area contributed by atoms with Crippen LogP contribution in [0.5, 0.6) is 5.75 Å². The molecule has 2 aliphatic heterocycles. The zero-order chi connectivity index (χ0) is 21.8. The summed E-state index contributed by atoms with van der Waals surface area (Å²) in [5.41, 5.74) is 0.455. The summed E-state index contributed by atoms with van der Waals surface area (Å²) in [6.07, 6.45) is -0.349. The molecule has 6 nitrogen and oxygen atoms in total. The van der Waals surface area contributed by atoms with E-state index >= 15 is 0 Å². The molecule has 2 fully saturated rings. The highest BCUT2D eigenvalue weighted by atomic mass is 35.5. The summed E-state index contributed by atoms with van der Waals surface area (Å²) in [6, 6.07) is 7.92. The van der Waals surface area contributed by atoms with Gasteiger partial charge in [-0.1, -0.05) is 23.2 Å². The van der Waals surface area contributed by atoms with Crippen molar-refractivity contribution in [2.24, 2.45) is 5.92 Å². The van der Waals surface area contributed by atoms with Crippen LogP contribution in [0.3, 0.4) is 0 Å². The summed E-state index contributed by atoms with van der Waals surface area (Å²) in [4.78, 5) is 24.6. The Balaban J connectivity index is 1.71. The summed E-state index contributed by atoms with van der Waals surface area (Å²) < 4.78 is 45.6. The molecule has 2 unspecified atom stereocenters. The van der Waals surface area contributed by atoms with Crippen molar-refractivity contribution in [3.63, 3.8) is 0 Å². The molecule has 10 heteroatoms. The molecule has 2 aromatic carbocycles. The van der Waals surface area contributed by atoms with E-state index in [4.69, 9.17) is 27.9 Å². The first-order valence-electron chi connectivity index (χ1n) is 8.98. The van der Waals surface area contributed by atoms with Gasteiger partial charge in [0.25, 0.3) is 0 Å². The fourth-order valence-corrected chi connectivity index (χ4v) is 6.53. The van der Waals surface area contributed by atoms with E-state index < -0.39 is 44.6 Å². The number of halogens is 3. The molecule has 0 bridgehead atoms. The van der Waals surface area contributed by atoms with Crippen LogP contribution in [0.4, 0.5) is 4.39 Å². The van der Waals surface area contributed by atoms with E-state index in [2.05, 4.69) is 0 Å². The second kappa shape index (κ2) is 7.21. The number of benzene rings is 2. The molecule has 0 N–H and O–H groups in total. The Morgan fingerprint density at radius 3 is 2.47 bits per heavy atom. The molecular formula is C20H16Cl2FNO5S. The summed E-state index contributed by atoms with van der Waals surface area (Å²) in [5, 5.41) is 0.211. The standard InChI is InChI=1S/C20H16Cl2FNO5S/c1-29-17-8-16(23)15(22)7-11(17)6-12-10-24-18(25)9-20(24,19(12)26)30(27,28)14-4-2-13(21)3-5-14/h2-5,7-8,12H,6,9-10H2,1H3. The Hall–Kier alpha value is -2.16. The monoisotopic (exact) mass is 471 g/mol. The van der Waals surface area contributed by atoms with Crippen LogP contribution in [0.2, 0.25) is 10.0 Å². The van der Waals surface area contributed by atoms with Crippen molar-refractivity contribution in [1.82, 2.24) is 4.90 Å². The summed E-state index contributed by atoms with van der Waals surface area (Å²) in [6.45, 7) is -0.0529. The molecule has 0 aliphatic carbocycles. The number of carbonyl (C=O) groups excluding carboxylic acids is 2. The number of nitrogens with zero attached hydrogens (tertiary/aromatic N) is 1. The minimum atomic E-state index is -4.18. The highest BCUT2D eigenvalue weighted by molar-refractivity contribution is 7.93. The molecule has 0 radical (unpaired) electrons. The third kappa shape index (κ3) is 2.92. The van der Waals surface area contributed by atoms with Gasteiger partial charge >= 0.3 is 0 Å². The number of Topliss-reactive ketones (excluding diaryl/α,β-unsaturated/α-hetero) is 1. The molecule has 2 heterocycles. The predicted molar refractivity (Wildman–Crippen MR) is 108 cm³/mol. The zero-order valence-corrected chi connectivity index (χ0v) is 18.0. The summed E-state index contributed by atoms with van der Waals surface area (Å²) >= 11 is 11.7. The molecule has 0 spiro atoms. The van der Waals surface area contributed by atoms with Crippen molar-refractivity contribution in [1.29, 1.82) is 0 Å². The van der Waals surface area contributed by atoms with Crippen molar-refractivity contribution < 1.29 is 27.1 Å². The van der Waals surface area contributed by atoms with Crippen LogP contribution in [-0.2, 0) is 25.8 Å². The van der Waals surface area contributed by atoms with E-state index in [-0.39, 0.29) is 28.6 Å². The molecule has 4 rings (SSSR count). The number of sulfone groups is 1. The van der Waals surface area contributed by atoms with E-state index in [9.17, 15) is 22.4 Å². The SMILES string of the molecule is COc1cc(F)c(Cl)cc1CC1CN2C(=O)CC2(S(=O)(=O)c2ccc(Cl)cc2)C1=O. The molecule has 158 valence electrons. The Morgan fingerprint density at radius 2 is 1.87 bits per heavy atom. The van der Waals surface area contributed by atoms with Crippen molar-refractivity contribution >= 4 is 44.7 Å². The number of methoxy groups -OCH3 is 1. The molecule has 2 saturated heterocycles. The number of ether oxygens (including phenoxy) is 1. The van der Waals surface area contributed by atoms with Gasteiger partial charge < -0.3 is 9.64 Å². The van der Waals surface area contributed by atoms with Gasteiger partial charge in [-0.05, 0) is 42.3 Å². The zero-order valence-electron chi connectivity index (χ0n) is 15.7. The fourth-order valence-electron chi connectivity index (χ4n) is 4.12. The lowest BCUT2D eigenvalue weighted by Crippen LogP contribution is -2.67. The van der Waals surface area contributed by atoms with Crippen molar-refractivity contribution in [3.05, 3.63) is 57.8 Å². The van der Waals surface area contributed by atoms with Gasteiger partial charge in [-0.15, -0.1) is 0 Å². The third-order valence-electron chi connectivity index (χ3n) is 5.64. The van der Waals surface area contributed by atoms with Crippen LogP contribution in [-0.4, -0.2) is 43.5 Å². The Bertz CT molecular complexity index is 1170. The van der Waals surface area contributed by atoms with Crippen molar-refractivity contribution in [3.8, 4) is 5.75 Å². The van der Waals surface area contributed by atoms with E-state index in [0.29, 0.717) is 10.6 Å². The Morgan fingerprint density at radius 1 is 1.20 bits per heavy atom. The maximum atomic E-state index is 13.7. The Labute approximate surface area is 182 Å². The van der Waals surface area contributed by atoms with Crippen LogP contribution < -0.4 is 4.74 Å². The van der Waals surface area contributed by atoms with Crippen LogP contribution in [0.25, 0.3) is 0 Å². The van der Waals surface area contributed by atoms with Gasteiger partial charge in [-0.3, -0.25) is 9.59 Å². The van der Waals surface area contributed by atoms with Gasteiger partial charge in [0, 0.05) is 23.6 Å². The van der Waals surface area contributed by atoms with Crippen molar-refractivity contribution in [2.45, 2.75) is 22.6 Å². The van der Waals surface area contributed by atoms with Crippen molar-refractivity contribution in [2.75, 3.05) is 13.7 Å². The normalized spacial score (nSPS) is 23.3. The van der Waals surface area contributed by atoms with Crippen LogP contribution >= 0.6 is 23.2 Å². The predicted octanol–water partition coefficient (Wildman–Crippen LogP) is 3.29. The van der Waals surface area contributed by atoms with Crippen LogP contribution in [0, 0.1) is 11.7 Å². The second-order valence-corrected chi connectivity index (χ2v) is 10.3. The summed E-state index contributed by atoms with van der Waals surface area (Å²) in [7, 11) is -2.82. The van der Waals surface area contributed by atoms with E-state index in [1.807, 2.05) is 0 Å². The van der Waals surface area contributed by atoms with Gasteiger partial charge in [-0.2, -0.15) is 0 Å². The number of β-lactam (4-membered cyclic amide) rings is 1. The van der Waals surface area contributed by atoms with E-state index in [1.165, 1.54) is 37.4 Å². The average Bonchev–Trinajstić information content (AvgIpc) is 2.93. The first-order valence-corrected chi connectivity index (χ1v) is 11.2. The molecule has 2 aliphatic rings. The number of fused-ring (bicyclic) bond motifs is 1. The molecule has 0 saturated carbocycles. The molecule has 2 aromatic rings. The lowest BCUT2D eigenvalue weighted by molar-refractivity contribution is -0.150. The number of carbonyl (C=O) groups is 2.